The van der Waals surface area contributed by atoms with Gasteiger partial charge in [-0.25, -0.2) is 4.98 Å². The van der Waals surface area contributed by atoms with Gasteiger partial charge in [0.1, 0.15) is 19.0 Å². The third kappa shape index (κ3) is 4.14. The predicted octanol–water partition coefficient (Wildman–Crippen LogP) is 2.66. The number of carbonyl (C=O) groups is 1. The number of carbonyl (C=O) groups excluding carboxylic acids is 1. The first-order valence-electron chi connectivity index (χ1n) is 10.6. The highest BCUT2D eigenvalue weighted by Gasteiger charge is 2.27. The van der Waals surface area contributed by atoms with E-state index in [0.29, 0.717) is 62.3 Å². The van der Waals surface area contributed by atoms with Crippen LogP contribution in [0.3, 0.4) is 0 Å². The summed E-state index contributed by atoms with van der Waals surface area (Å²) in [6, 6.07) is 13.2. The molecule has 4 heterocycles. The summed E-state index contributed by atoms with van der Waals surface area (Å²) in [6.07, 6.45) is 1.75. The van der Waals surface area contributed by atoms with E-state index in [1.165, 1.54) is 0 Å². The smallest absolute Gasteiger partial charge is 0.257 e. The first kappa shape index (κ1) is 20.0. The minimum Gasteiger partial charge on any atom is -0.486 e. The van der Waals surface area contributed by atoms with Gasteiger partial charge in [-0.3, -0.25) is 4.79 Å². The molecule has 9 nitrogen and oxygen atoms in total. The summed E-state index contributed by atoms with van der Waals surface area (Å²) < 4.78 is 11.3. The highest BCUT2D eigenvalue weighted by molar-refractivity contribution is 5.98. The second-order valence-electron chi connectivity index (χ2n) is 7.73. The Bertz CT molecular complexity index is 1110. The lowest BCUT2D eigenvalue weighted by Gasteiger charge is -2.35. The molecule has 2 aliphatic heterocycles. The van der Waals surface area contributed by atoms with Crippen LogP contribution in [0.2, 0.25) is 0 Å². The molecule has 1 amide bonds. The van der Waals surface area contributed by atoms with Crippen LogP contribution < -0.4 is 19.7 Å². The van der Waals surface area contributed by atoms with Crippen LogP contribution in [0.15, 0.2) is 48.7 Å². The normalized spacial score (nSPS) is 15.4. The van der Waals surface area contributed by atoms with Crippen LogP contribution in [-0.2, 0) is 0 Å². The Labute approximate surface area is 186 Å². The molecule has 0 unspecified atom stereocenters. The van der Waals surface area contributed by atoms with Crippen LogP contribution in [0.5, 0.6) is 11.5 Å². The Kier molecular flexibility index (Phi) is 5.45. The number of benzene rings is 1. The molecule has 3 aromatic rings. The number of nitrogens with one attached hydrogen (secondary N) is 1. The third-order valence-corrected chi connectivity index (χ3v) is 5.51. The molecule has 1 saturated heterocycles. The maximum atomic E-state index is 13.1. The summed E-state index contributed by atoms with van der Waals surface area (Å²) in [5, 5.41) is 11.8. The molecule has 2 aliphatic rings. The Morgan fingerprint density at radius 2 is 1.81 bits per heavy atom. The molecular weight excluding hydrogens is 408 g/mol. The van der Waals surface area contributed by atoms with E-state index >= 15 is 0 Å². The molecule has 164 valence electrons. The second-order valence-corrected chi connectivity index (χ2v) is 7.73. The quantitative estimate of drug-likeness (QED) is 0.673. The molecule has 0 bridgehead atoms. The van der Waals surface area contributed by atoms with Gasteiger partial charge in [0.2, 0.25) is 0 Å². The molecule has 0 saturated carbocycles. The van der Waals surface area contributed by atoms with Crippen LogP contribution in [0.4, 0.5) is 17.5 Å². The van der Waals surface area contributed by atoms with Gasteiger partial charge in [0.05, 0.1) is 5.56 Å². The van der Waals surface area contributed by atoms with Crippen molar-refractivity contribution in [2.75, 3.05) is 49.6 Å². The largest absolute Gasteiger partial charge is 0.486 e. The van der Waals surface area contributed by atoms with Gasteiger partial charge >= 0.3 is 0 Å². The maximum absolute atomic E-state index is 13.1. The second kappa shape index (κ2) is 8.70. The van der Waals surface area contributed by atoms with E-state index in [1.54, 1.807) is 12.3 Å². The summed E-state index contributed by atoms with van der Waals surface area (Å²) >= 11 is 0. The van der Waals surface area contributed by atoms with Crippen molar-refractivity contribution in [3.05, 3.63) is 59.8 Å². The monoisotopic (exact) mass is 432 g/mol. The van der Waals surface area contributed by atoms with Gasteiger partial charge in [-0.15, -0.1) is 10.2 Å². The van der Waals surface area contributed by atoms with Gasteiger partial charge < -0.3 is 24.6 Å². The minimum atomic E-state index is -0.0386. The fraction of sp³-hybridized carbons (Fsp3) is 0.304. The van der Waals surface area contributed by atoms with Gasteiger partial charge in [0.15, 0.2) is 23.1 Å². The average Bonchev–Trinajstić information content (AvgIpc) is 2.84. The fourth-order valence-corrected chi connectivity index (χ4v) is 3.85. The number of piperazine rings is 1. The summed E-state index contributed by atoms with van der Waals surface area (Å²) in [7, 11) is 0. The van der Waals surface area contributed by atoms with Gasteiger partial charge in [0, 0.05) is 32.4 Å². The average molecular weight is 432 g/mol. The Morgan fingerprint density at radius 3 is 2.59 bits per heavy atom. The number of pyridine rings is 1. The van der Waals surface area contributed by atoms with Crippen molar-refractivity contribution >= 4 is 23.4 Å². The predicted molar refractivity (Wildman–Crippen MR) is 120 cm³/mol. The number of anilines is 3. The maximum Gasteiger partial charge on any atom is 0.257 e. The van der Waals surface area contributed by atoms with Crippen molar-refractivity contribution in [1.82, 2.24) is 20.1 Å². The summed E-state index contributed by atoms with van der Waals surface area (Å²) in [5.74, 6) is 3.29. The van der Waals surface area contributed by atoms with Crippen molar-refractivity contribution < 1.29 is 14.3 Å². The number of ether oxygens (including phenoxy) is 2. The van der Waals surface area contributed by atoms with E-state index in [2.05, 4.69) is 25.4 Å². The third-order valence-electron chi connectivity index (χ3n) is 5.51. The molecule has 1 fully saturated rings. The van der Waals surface area contributed by atoms with Crippen molar-refractivity contribution in [3.8, 4) is 11.5 Å². The van der Waals surface area contributed by atoms with Crippen LogP contribution in [0, 0.1) is 6.92 Å². The molecule has 32 heavy (non-hydrogen) atoms. The Balaban J connectivity index is 1.21. The summed E-state index contributed by atoms with van der Waals surface area (Å²) in [5.41, 5.74) is 1.67. The molecule has 1 aromatic carbocycles. The fourth-order valence-electron chi connectivity index (χ4n) is 3.85. The van der Waals surface area contributed by atoms with Crippen LogP contribution in [-0.4, -0.2) is 65.4 Å². The molecular formula is C23H24N6O3. The lowest BCUT2D eigenvalue weighted by atomic mass is 10.1. The lowest BCUT2D eigenvalue weighted by Crippen LogP contribution is -2.49. The Morgan fingerprint density at radius 1 is 0.969 bits per heavy atom. The summed E-state index contributed by atoms with van der Waals surface area (Å²) in [6.45, 7) is 5.52. The number of aryl methyl sites for hydroxylation is 1. The van der Waals surface area contributed by atoms with E-state index in [9.17, 15) is 4.79 Å². The van der Waals surface area contributed by atoms with Gasteiger partial charge in [0.25, 0.3) is 5.91 Å². The SMILES string of the molecule is Cc1ccnc(Nc2ccc(N3CCN(C(=O)c4cccc5c4OCCO5)CC3)nn2)c1. The zero-order valence-corrected chi connectivity index (χ0v) is 17.8. The van der Waals surface area contributed by atoms with Crippen molar-refractivity contribution in [3.63, 3.8) is 0 Å². The van der Waals surface area contributed by atoms with E-state index in [0.717, 1.165) is 17.2 Å². The zero-order chi connectivity index (χ0) is 21.9. The molecule has 5 rings (SSSR count). The molecule has 0 atom stereocenters. The first-order chi connectivity index (χ1) is 15.7. The van der Waals surface area contributed by atoms with Gasteiger partial charge in [-0.05, 0) is 48.9 Å². The number of hydrogen-bond donors (Lipinski definition) is 1. The van der Waals surface area contributed by atoms with Crippen LogP contribution in [0.1, 0.15) is 15.9 Å². The first-order valence-corrected chi connectivity index (χ1v) is 10.6. The van der Waals surface area contributed by atoms with Gasteiger partial charge in [-0.1, -0.05) is 6.07 Å². The van der Waals surface area contributed by atoms with Crippen molar-refractivity contribution in [1.29, 1.82) is 0 Å². The number of para-hydroxylation sites is 1. The standard InChI is InChI=1S/C23H24N6O3/c1-16-7-8-24-20(15-16)25-19-5-6-21(27-26-19)28-9-11-29(12-10-28)23(30)17-3-2-4-18-22(17)32-14-13-31-18/h2-8,15H,9-14H2,1H3,(H,24,25,26). The molecule has 0 spiro atoms. The number of nitrogens with zero attached hydrogens (tertiary/aromatic N) is 5. The van der Waals surface area contributed by atoms with Crippen LogP contribution in [0.25, 0.3) is 0 Å². The van der Waals surface area contributed by atoms with Crippen molar-refractivity contribution in [2.24, 2.45) is 0 Å². The molecule has 2 aromatic heterocycles. The van der Waals surface area contributed by atoms with Crippen LogP contribution >= 0.6 is 0 Å². The zero-order valence-electron chi connectivity index (χ0n) is 17.8. The Hall–Kier alpha value is -3.88. The van der Waals surface area contributed by atoms with E-state index in [1.807, 2.05) is 48.2 Å². The lowest BCUT2D eigenvalue weighted by molar-refractivity contribution is 0.0736. The molecule has 0 radical (unpaired) electrons. The molecule has 1 N–H and O–H groups in total. The number of rotatable bonds is 4. The molecule has 9 heteroatoms. The number of hydrogen-bond acceptors (Lipinski definition) is 8. The van der Waals surface area contributed by atoms with E-state index in [4.69, 9.17) is 9.47 Å². The highest BCUT2D eigenvalue weighted by Crippen LogP contribution is 2.34. The minimum absolute atomic E-state index is 0.0386. The molecule has 0 aliphatic carbocycles. The number of aromatic nitrogens is 3. The van der Waals surface area contributed by atoms with E-state index in [-0.39, 0.29) is 5.91 Å². The number of amides is 1. The van der Waals surface area contributed by atoms with E-state index < -0.39 is 0 Å². The van der Waals surface area contributed by atoms with Gasteiger partial charge in [-0.2, -0.15) is 0 Å². The number of fused-ring (bicyclic) bond motifs is 1. The highest BCUT2D eigenvalue weighted by atomic mass is 16.6. The topological polar surface area (TPSA) is 92.7 Å². The van der Waals surface area contributed by atoms with Crippen molar-refractivity contribution in [2.45, 2.75) is 6.92 Å². The summed E-state index contributed by atoms with van der Waals surface area (Å²) in [4.78, 5) is 21.3.